The topological polar surface area (TPSA) is 179 Å². The molecule has 332 valence electrons. The molecule has 2 fully saturated rings. The zero-order valence-electron chi connectivity index (χ0n) is 37.8. The van der Waals surface area contributed by atoms with Crippen LogP contribution < -0.4 is 21.3 Å². The van der Waals surface area contributed by atoms with Gasteiger partial charge >= 0.3 is 12.2 Å². The molecule has 0 bridgehead atoms. The number of rotatable bonds is 16. The second-order valence-corrected chi connectivity index (χ2v) is 19.9. The average Bonchev–Trinajstić information content (AvgIpc) is 3.58. The maximum absolute atomic E-state index is 14.5. The second kappa shape index (κ2) is 20.9. The molecule has 0 saturated carbocycles. The summed E-state index contributed by atoms with van der Waals surface area (Å²) in [6, 6.07) is 7.26. The Morgan fingerprint density at radius 1 is 0.881 bits per heavy atom. The molecule has 14 nitrogen and oxygen atoms in total. The Kier molecular flexibility index (Phi) is 17.4. The third kappa shape index (κ3) is 16.4. The van der Waals surface area contributed by atoms with Gasteiger partial charge in [-0.1, -0.05) is 56.3 Å². The van der Waals surface area contributed by atoms with Gasteiger partial charge in [0.25, 0.3) is 0 Å². The monoisotopic (exact) mass is 827 g/mol. The van der Waals surface area contributed by atoms with E-state index in [1.807, 2.05) is 70.2 Å². The van der Waals surface area contributed by atoms with E-state index < -0.39 is 64.4 Å². The molecule has 3 rings (SSSR count). The summed E-state index contributed by atoms with van der Waals surface area (Å²) in [6.45, 7) is 23.1. The third-order valence-electron chi connectivity index (χ3n) is 10.4. The highest BCUT2D eigenvalue weighted by atomic mass is 16.6. The predicted molar refractivity (Wildman–Crippen MR) is 228 cm³/mol. The smallest absolute Gasteiger partial charge is 0.408 e. The number of hydroxylamine groups is 2. The number of carbonyl (C=O) groups excluding carboxylic acids is 5. The van der Waals surface area contributed by atoms with Crippen molar-refractivity contribution in [3.05, 3.63) is 48.0 Å². The van der Waals surface area contributed by atoms with E-state index in [4.69, 9.17) is 9.47 Å². The molecule has 59 heavy (non-hydrogen) atoms. The molecule has 2 heterocycles. The average molecular weight is 827 g/mol. The van der Waals surface area contributed by atoms with Crippen LogP contribution in [0.4, 0.5) is 9.59 Å². The molecule has 0 spiro atoms. The Hall–Kier alpha value is -4.17. The first-order valence-electron chi connectivity index (χ1n) is 21.4. The van der Waals surface area contributed by atoms with Crippen molar-refractivity contribution in [2.24, 2.45) is 11.8 Å². The van der Waals surface area contributed by atoms with E-state index >= 15 is 0 Å². The Bertz CT molecular complexity index is 1580. The molecule has 5 amide bonds. The van der Waals surface area contributed by atoms with Crippen LogP contribution >= 0.6 is 0 Å². The summed E-state index contributed by atoms with van der Waals surface area (Å²) in [5, 5.41) is 24.0. The second-order valence-electron chi connectivity index (χ2n) is 19.9. The molecule has 1 aromatic rings. The van der Waals surface area contributed by atoms with Crippen LogP contribution in [0.2, 0.25) is 0 Å². The molecule has 14 heteroatoms. The highest BCUT2D eigenvalue weighted by Crippen LogP contribution is 2.36. The maximum Gasteiger partial charge on any atom is 0.408 e. The lowest BCUT2D eigenvalue weighted by Gasteiger charge is -2.51. The molecule has 1 aromatic carbocycles. The summed E-state index contributed by atoms with van der Waals surface area (Å²) < 4.78 is 10.9. The Labute approximate surface area is 352 Å². The molecule has 1 unspecified atom stereocenters. The van der Waals surface area contributed by atoms with E-state index in [1.165, 1.54) is 5.06 Å². The molecule has 0 aliphatic carbocycles. The summed E-state index contributed by atoms with van der Waals surface area (Å²) in [5.74, 6) is -1.40. The van der Waals surface area contributed by atoms with Gasteiger partial charge in [-0.05, 0) is 132 Å². The van der Waals surface area contributed by atoms with Gasteiger partial charge in [0, 0.05) is 30.2 Å². The van der Waals surface area contributed by atoms with Gasteiger partial charge < -0.3 is 40.8 Å². The highest BCUT2D eigenvalue weighted by Gasteiger charge is 2.46. The number of carbonyl (C=O) groups is 5. The Morgan fingerprint density at radius 2 is 1.47 bits per heavy atom. The van der Waals surface area contributed by atoms with Crippen LogP contribution in [0.5, 0.6) is 0 Å². The van der Waals surface area contributed by atoms with Gasteiger partial charge in [-0.25, -0.2) is 9.59 Å². The highest BCUT2D eigenvalue weighted by molar-refractivity contribution is 5.93. The molecule has 0 aromatic heterocycles. The van der Waals surface area contributed by atoms with Crippen molar-refractivity contribution in [1.82, 2.24) is 31.2 Å². The van der Waals surface area contributed by atoms with Gasteiger partial charge in [0.2, 0.25) is 17.7 Å². The van der Waals surface area contributed by atoms with Gasteiger partial charge in [-0.3, -0.25) is 14.4 Å². The van der Waals surface area contributed by atoms with Crippen LogP contribution in [0.3, 0.4) is 0 Å². The summed E-state index contributed by atoms with van der Waals surface area (Å²) in [4.78, 5) is 69.5. The molecule has 5 N–H and O–H groups in total. The van der Waals surface area contributed by atoms with Gasteiger partial charge in [-0.2, -0.15) is 5.06 Å². The van der Waals surface area contributed by atoms with E-state index in [0.717, 1.165) is 5.56 Å². The van der Waals surface area contributed by atoms with Gasteiger partial charge in [0.05, 0.1) is 12.0 Å². The fourth-order valence-corrected chi connectivity index (χ4v) is 8.06. The zero-order chi connectivity index (χ0) is 44.3. The van der Waals surface area contributed by atoms with E-state index in [1.54, 1.807) is 46.4 Å². The van der Waals surface area contributed by atoms with Crippen LogP contribution in [-0.2, 0) is 30.3 Å². The van der Waals surface area contributed by atoms with Crippen molar-refractivity contribution in [3.63, 3.8) is 0 Å². The molecular formula is C45H74N6O8. The predicted octanol–water partition coefficient (Wildman–Crippen LogP) is 6.65. The van der Waals surface area contributed by atoms with Crippen LogP contribution in [0.15, 0.2) is 42.5 Å². The van der Waals surface area contributed by atoms with E-state index in [-0.39, 0.29) is 36.7 Å². The lowest BCUT2D eigenvalue weighted by atomic mass is 9.79. The van der Waals surface area contributed by atoms with Crippen molar-refractivity contribution < 1.29 is 38.7 Å². The lowest BCUT2D eigenvalue weighted by Crippen LogP contribution is -2.64. The number of amides is 5. The Morgan fingerprint density at radius 3 is 2.05 bits per heavy atom. The van der Waals surface area contributed by atoms with Crippen LogP contribution in [0, 0.1) is 11.8 Å². The van der Waals surface area contributed by atoms with Crippen molar-refractivity contribution in [2.75, 3.05) is 13.1 Å². The minimum atomic E-state index is -0.949. The summed E-state index contributed by atoms with van der Waals surface area (Å²) in [5.41, 5.74) is -1.60. The number of nitrogens with zero attached hydrogens (tertiary/aromatic N) is 2. The standard InChI is InChI=1S/C45H74N6O8/c1-30(2)26-33(48-41(56)59-43(6,7)8)23-22-32(27-31-18-14-13-15-19-31)39(54)50-25-17-21-36(50)38(53)49-35(20-16-24-46-40(55)58-42(3,4)5)37(52)47-34-28-44(9,10)51(57)45(11,12)29-34/h13-15,18-19,22-23,30,32-36,57H,16-17,20-21,24-29H2,1-12H3,(H,46,55)(H,47,52)(H,48,56)(H,49,53)/b23-22+/t32-,33+,35?,36-/m0/s1. The molecule has 2 saturated heterocycles. The lowest BCUT2D eigenvalue weighted by molar-refractivity contribution is -0.246. The third-order valence-corrected chi connectivity index (χ3v) is 10.4. The molecule has 2 aliphatic rings. The fourth-order valence-electron chi connectivity index (χ4n) is 8.06. The largest absolute Gasteiger partial charge is 0.444 e. The number of benzene rings is 1. The minimum Gasteiger partial charge on any atom is -0.444 e. The summed E-state index contributed by atoms with van der Waals surface area (Å²) >= 11 is 0. The van der Waals surface area contributed by atoms with E-state index in [9.17, 15) is 29.2 Å². The quantitative estimate of drug-likeness (QED) is 0.0902. The normalized spacial score (nSPS) is 20.1. The van der Waals surface area contributed by atoms with Crippen molar-refractivity contribution in [3.8, 4) is 0 Å². The number of hydrogen-bond acceptors (Lipinski definition) is 9. The van der Waals surface area contributed by atoms with Gasteiger partial charge in [-0.15, -0.1) is 0 Å². The number of piperidine rings is 1. The van der Waals surface area contributed by atoms with Crippen LogP contribution in [0.1, 0.15) is 134 Å². The SMILES string of the molecule is CC(C)C[C@@H](/C=C/[C@@H](Cc1ccccc1)C(=O)N1CCC[C@H]1C(=O)NC(CCCNC(=O)OC(C)(C)C)C(=O)NC1CC(C)(C)N(O)C(C)(C)C1)NC(=O)OC(C)(C)C. The van der Waals surface area contributed by atoms with Gasteiger partial charge in [0.1, 0.15) is 23.3 Å². The molecular weight excluding hydrogens is 753 g/mol. The van der Waals surface area contributed by atoms with E-state index in [2.05, 4.69) is 35.1 Å². The number of hydrogen-bond donors (Lipinski definition) is 5. The van der Waals surface area contributed by atoms with Gasteiger partial charge in [0.15, 0.2) is 0 Å². The fraction of sp³-hybridized carbons (Fsp3) is 0.711. The van der Waals surface area contributed by atoms with Crippen LogP contribution in [0.25, 0.3) is 0 Å². The van der Waals surface area contributed by atoms with Crippen LogP contribution in [-0.4, -0.2) is 105 Å². The number of alkyl carbamates (subject to hydrolysis) is 2. The van der Waals surface area contributed by atoms with Crippen molar-refractivity contribution in [2.45, 2.75) is 181 Å². The first-order valence-corrected chi connectivity index (χ1v) is 21.4. The van der Waals surface area contributed by atoms with Crippen molar-refractivity contribution >= 4 is 29.9 Å². The first-order chi connectivity index (χ1) is 27.3. The minimum absolute atomic E-state index is 0.217. The van der Waals surface area contributed by atoms with Crippen molar-refractivity contribution in [1.29, 1.82) is 0 Å². The van der Waals surface area contributed by atoms with E-state index in [0.29, 0.717) is 51.5 Å². The molecule has 0 radical (unpaired) electrons. The summed E-state index contributed by atoms with van der Waals surface area (Å²) in [6.07, 6.45) is 6.22. The first kappa shape index (κ1) is 49.2. The number of nitrogens with one attached hydrogen (secondary N) is 4. The maximum atomic E-state index is 14.5. The number of likely N-dealkylation sites (tertiary alicyclic amines) is 1. The Balaban J connectivity index is 1.84. The number of ether oxygens (including phenoxy) is 2. The zero-order valence-corrected chi connectivity index (χ0v) is 37.8. The molecule has 2 aliphatic heterocycles. The summed E-state index contributed by atoms with van der Waals surface area (Å²) in [7, 11) is 0. The molecule has 4 atom stereocenters.